The fourth-order valence-corrected chi connectivity index (χ4v) is 2.62. The van der Waals surface area contributed by atoms with Crippen molar-refractivity contribution in [3.05, 3.63) is 59.9 Å². The van der Waals surface area contributed by atoms with Crippen LogP contribution in [0.2, 0.25) is 0 Å². The van der Waals surface area contributed by atoms with Crippen molar-refractivity contribution in [3.63, 3.8) is 0 Å². The molecule has 1 fully saturated rings. The predicted molar refractivity (Wildman–Crippen MR) is 95.4 cm³/mol. The zero-order valence-electron chi connectivity index (χ0n) is 14.4. The molecule has 138 valence electrons. The summed E-state index contributed by atoms with van der Waals surface area (Å²) < 4.78 is 19.1. The molecule has 0 radical (unpaired) electrons. The molecule has 0 saturated carbocycles. The molecule has 0 spiro atoms. The summed E-state index contributed by atoms with van der Waals surface area (Å²) in [6.07, 6.45) is 0.0148. The van der Waals surface area contributed by atoms with E-state index in [1.54, 1.807) is 42.5 Å². The van der Waals surface area contributed by atoms with Crippen molar-refractivity contribution >= 4 is 17.6 Å². The van der Waals surface area contributed by atoms with Gasteiger partial charge in [-0.15, -0.1) is 0 Å². The summed E-state index contributed by atoms with van der Waals surface area (Å²) in [5.41, 5.74) is 5.59. The normalized spacial score (nSPS) is 16.0. The Kier molecular flexibility index (Phi) is 6.68. The number of nitrogens with zero attached hydrogens (tertiary/aromatic N) is 1. The Hall–Kier alpha value is -2.93. The average molecular weight is 360 g/mol. The van der Waals surface area contributed by atoms with E-state index in [0.717, 1.165) is 0 Å². The van der Waals surface area contributed by atoms with Crippen molar-refractivity contribution in [3.8, 4) is 5.75 Å². The highest BCUT2D eigenvalue weighted by atomic mass is 19.1. The van der Waals surface area contributed by atoms with Crippen LogP contribution < -0.4 is 15.4 Å². The van der Waals surface area contributed by atoms with Crippen LogP contribution in [-0.2, 0) is 16.2 Å². The molecule has 1 atom stereocenters. The highest BCUT2D eigenvalue weighted by Crippen LogP contribution is 2.27. The highest BCUT2D eigenvalue weighted by molar-refractivity contribution is 5.99. The number of halogens is 1. The van der Waals surface area contributed by atoms with Crippen molar-refractivity contribution in [2.45, 2.75) is 13.0 Å². The number of aliphatic carboxylic acids is 1. The number of carboxylic acid groups (broad SMARTS) is 1. The first-order valence-corrected chi connectivity index (χ1v) is 8.12. The van der Waals surface area contributed by atoms with E-state index >= 15 is 0 Å². The smallest absolute Gasteiger partial charge is 0.308 e. The minimum absolute atomic E-state index is 0.0148. The van der Waals surface area contributed by atoms with Crippen molar-refractivity contribution in [2.75, 3.05) is 18.5 Å². The summed E-state index contributed by atoms with van der Waals surface area (Å²) in [4.78, 5) is 24.4. The Morgan fingerprint density at radius 2 is 1.88 bits per heavy atom. The van der Waals surface area contributed by atoms with Gasteiger partial charge in [0.05, 0.1) is 5.92 Å². The summed E-state index contributed by atoms with van der Waals surface area (Å²) >= 11 is 0. The zero-order chi connectivity index (χ0) is 19.1. The first-order chi connectivity index (χ1) is 12.5. The molecule has 1 amide bonds. The zero-order valence-corrected chi connectivity index (χ0v) is 14.4. The summed E-state index contributed by atoms with van der Waals surface area (Å²) in [6, 6.07) is 13.1. The number of hydrogen-bond acceptors (Lipinski definition) is 4. The van der Waals surface area contributed by atoms with Crippen LogP contribution in [0.5, 0.6) is 5.75 Å². The fraction of sp³-hybridized carbons (Fsp3) is 0.263. The molecule has 2 aromatic carbocycles. The van der Waals surface area contributed by atoms with E-state index in [1.807, 2.05) is 0 Å². The van der Waals surface area contributed by atoms with E-state index in [1.165, 1.54) is 18.0 Å². The van der Waals surface area contributed by atoms with Crippen LogP contribution in [0.4, 0.5) is 10.1 Å². The van der Waals surface area contributed by atoms with Gasteiger partial charge < -0.3 is 20.5 Å². The second-order valence-corrected chi connectivity index (χ2v) is 5.62. The summed E-state index contributed by atoms with van der Waals surface area (Å²) in [5, 5.41) is 9.01. The van der Waals surface area contributed by atoms with E-state index < -0.39 is 11.9 Å². The second kappa shape index (κ2) is 8.96. The first-order valence-electron chi connectivity index (χ1n) is 8.12. The van der Waals surface area contributed by atoms with Crippen molar-refractivity contribution in [1.82, 2.24) is 0 Å². The third-order valence-electron chi connectivity index (χ3n) is 3.97. The van der Waals surface area contributed by atoms with Crippen LogP contribution in [0.15, 0.2) is 48.5 Å². The Morgan fingerprint density at radius 3 is 2.46 bits per heavy atom. The molecule has 1 aliphatic rings. The standard InChI is InChI=1S/C18H16FNO4.CH5N/c19-16-4-2-1-3-12(16)11-24-15-7-5-14(6-8-15)20-10-13(18(22)23)9-17(20)21;1-2/h1-8,13H,9-11H2,(H,22,23);2H2,1H3. The SMILES string of the molecule is CN.O=C(O)C1CC(=O)N(c2ccc(OCc3ccccc3F)cc2)C1. The van der Waals surface area contributed by atoms with Crippen LogP contribution in [0.1, 0.15) is 12.0 Å². The molecule has 7 heteroatoms. The van der Waals surface area contributed by atoms with Crippen molar-refractivity contribution in [1.29, 1.82) is 0 Å². The number of amides is 1. The maximum absolute atomic E-state index is 13.5. The summed E-state index contributed by atoms with van der Waals surface area (Å²) in [6.45, 7) is 0.277. The summed E-state index contributed by atoms with van der Waals surface area (Å²) in [5.74, 6) is -1.62. The average Bonchev–Trinajstić information content (AvgIpc) is 3.05. The van der Waals surface area contributed by atoms with Gasteiger partial charge in [-0.05, 0) is 37.4 Å². The summed E-state index contributed by atoms with van der Waals surface area (Å²) in [7, 11) is 1.50. The quantitative estimate of drug-likeness (QED) is 0.854. The van der Waals surface area contributed by atoms with Crippen LogP contribution in [0.25, 0.3) is 0 Å². The van der Waals surface area contributed by atoms with Gasteiger partial charge >= 0.3 is 5.97 Å². The van der Waals surface area contributed by atoms with Crippen LogP contribution >= 0.6 is 0 Å². The lowest BCUT2D eigenvalue weighted by Gasteiger charge is -2.16. The Labute approximate surface area is 151 Å². The number of rotatable bonds is 5. The maximum Gasteiger partial charge on any atom is 0.308 e. The minimum atomic E-state index is -0.962. The van der Waals surface area contributed by atoms with E-state index in [9.17, 15) is 14.0 Å². The van der Waals surface area contributed by atoms with E-state index in [2.05, 4.69) is 5.73 Å². The maximum atomic E-state index is 13.5. The number of ether oxygens (including phenoxy) is 1. The lowest BCUT2D eigenvalue weighted by molar-refractivity contribution is -0.141. The van der Waals surface area contributed by atoms with Crippen LogP contribution in [0.3, 0.4) is 0 Å². The van der Waals surface area contributed by atoms with Gasteiger partial charge in [-0.25, -0.2) is 4.39 Å². The van der Waals surface area contributed by atoms with Crippen LogP contribution in [0, 0.1) is 11.7 Å². The molecule has 0 bridgehead atoms. The lowest BCUT2D eigenvalue weighted by Crippen LogP contribution is -2.25. The lowest BCUT2D eigenvalue weighted by atomic mass is 10.1. The van der Waals surface area contributed by atoms with Gasteiger partial charge in [0.25, 0.3) is 0 Å². The number of benzene rings is 2. The van der Waals surface area contributed by atoms with E-state index in [4.69, 9.17) is 9.84 Å². The molecule has 3 N–H and O–H groups in total. The van der Waals surface area contributed by atoms with Gasteiger partial charge in [-0.2, -0.15) is 0 Å². The van der Waals surface area contributed by atoms with Gasteiger partial charge in [0, 0.05) is 24.2 Å². The molecule has 6 nitrogen and oxygen atoms in total. The Bertz CT molecular complexity index is 764. The van der Waals surface area contributed by atoms with Crippen molar-refractivity contribution < 1.29 is 23.8 Å². The molecule has 0 aromatic heterocycles. The predicted octanol–water partition coefficient (Wildman–Crippen LogP) is 2.42. The van der Waals surface area contributed by atoms with Crippen molar-refractivity contribution in [2.24, 2.45) is 11.7 Å². The molecule has 1 saturated heterocycles. The van der Waals surface area contributed by atoms with Gasteiger partial charge in [-0.3, -0.25) is 9.59 Å². The van der Waals surface area contributed by atoms with E-state index in [-0.39, 0.29) is 31.3 Å². The molecule has 1 heterocycles. The molecular weight excluding hydrogens is 339 g/mol. The van der Waals surface area contributed by atoms with Gasteiger partial charge in [0.1, 0.15) is 18.2 Å². The third kappa shape index (κ3) is 4.58. The highest BCUT2D eigenvalue weighted by Gasteiger charge is 2.34. The molecule has 26 heavy (non-hydrogen) atoms. The van der Waals surface area contributed by atoms with Gasteiger partial charge in [0.2, 0.25) is 5.91 Å². The monoisotopic (exact) mass is 360 g/mol. The van der Waals surface area contributed by atoms with Gasteiger partial charge in [-0.1, -0.05) is 18.2 Å². The Balaban J connectivity index is 0.00000117. The molecular formula is C19H21FN2O4. The fourth-order valence-electron chi connectivity index (χ4n) is 2.62. The number of carbonyl (C=O) groups is 2. The molecule has 2 aromatic rings. The number of nitrogens with two attached hydrogens (primary N) is 1. The topological polar surface area (TPSA) is 92.9 Å². The molecule has 0 aliphatic carbocycles. The van der Waals surface area contributed by atoms with E-state index in [0.29, 0.717) is 17.0 Å². The first kappa shape index (κ1) is 19.4. The number of hydrogen-bond donors (Lipinski definition) is 2. The number of carboxylic acids is 1. The molecule has 1 unspecified atom stereocenters. The Morgan fingerprint density at radius 1 is 1.23 bits per heavy atom. The van der Waals surface area contributed by atoms with Gasteiger partial charge in [0.15, 0.2) is 0 Å². The van der Waals surface area contributed by atoms with Crippen LogP contribution in [-0.4, -0.2) is 30.6 Å². The molecule has 1 aliphatic heterocycles. The number of anilines is 1. The number of carbonyl (C=O) groups excluding carboxylic acids is 1. The molecule has 3 rings (SSSR count). The second-order valence-electron chi connectivity index (χ2n) is 5.62. The largest absolute Gasteiger partial charge is 0.489 e. The minimum Gasteiger partial charge on any atom is -0.489 e. The third-order valence-corrected chi connectivity index (χ3v) is 3.97.